The van der Waals surface area contributed by atoms with Crippen molar-refractivity contribution in [2.24, 2.45) is 0 Å². The maximum absolute atomic E-state index is 14.8. The molecule has 176 valence electrons. The van der Waals surface area contributed by atoms with Crippen molar-refractivity contribution in [3.63, 3.8) is 0 Å². The van der Waals surface area contributed by atoms with Crippen LogP contribution in [0.15, 0.2) is 59.6 Å². The average molecular weight is 496 g/mol. The van der Waals surface area contributed by atoms with E-state index in [2.05, 4.69) is 0 Å². The molecule has 0 N–H and O–H groups in total. The van der Waals surface area contributed by atoms with Gasteiger partial charge in [-0.1, -0.05) is 56.0 Å². The number of carbonyl (C=O) groups excluding carboxylic acids is 1. The van der Waals surface area contributed by atoms with Crippen molar-refractivity contribution in [1.29, 1.82) is 0 Å². The number of rotatable bonds is 8. The van der Waals surface area contributed by atoms with Gasteiger partial charge in [-0.05, 0) is 56.2 Å². The van der Waals surface area contributed by atoms with Gasteiger partial charge in [0.05, 0.1) is 17.2 Å². The van der Waals surface area contributed by atoms with Crippen molar-refractivity contribution in [2.45, 2.75) is 39.7 Å². The highest BCUT2D eigenvalue weighted by Gasteiger charge is 2.35. The lowest BCUT2D eigenvalue weighted by Crippen LogP contribution is -2.36. The number of benzene rings is 2. The molecule has 0 saturated carbocycles. The largest absolute Gasteiger partial charge is 0.491 e. The van der Waals surface area contributed by atoms with Gasteiger partial charge in [-0.3, -0.25) is 9.69 Å². The molecule has 0 spiro atoms. The van der Waals surface area contributed by atoms with Crippen LogP contribution in [0.4, 0.5) is 4.39 Å². The number of aromatic nitrogens is 2. The lowest BCUT2D eigenvalue weighted by molar-refractivity contribution is -0.123. The average Bonchev–Trinajstić information content (AvgIpc) is 3.39. The summed E-state index contributed by atoms with van der Waals surface area (Å²) in [5, 5.41) is 4.74. The number of nitrogens with zero attached hydrogens (tertiary/aromatic N) is 3. The molecule has 3 aromatic rings. The standard InChI is InChI=1S/C26H26FN3O2S2/c1-4-13-32-22-12-11-18(14-21(22)27)24-19(16-29(28-24)20-9-7-6-8-10-20)15-23-25(31)30(17(3)5-2)26(33)34-23/h6-12,14-17H,4-5,13H2,1-3H3/b23-15-/t17-/m1/s1. The van der Waals surface area contributed by atoms with Crippen molar-refractivity contribution in [2.75, 3.05) is 6.61 Å². The molecule has 34 heavy (non-hydrogen) atoms. The Morgan fingerprint density at radius 2 is 1.97 bits per heavy atom. The van der Waals surface area contributed by atoms with Crippen LogP contribution in [0, 0.1) is 5.82 Å². The van der Waals surface area contributed by atoms with E-state index in [4.69, 9.17) is 22.1 Å². The molecule has 1 aromatic heterocycles. The Bertz CT molecular complexity index is 1240. The summed E-state index contributed by atoms with van der Waals surface area (Å²) in [6.07, 6.45) is 5.24. The van der Waals surface area contributed by atoms with E-state index in [1.807, 2.05) is 57.3 Å². The fourth-order valence-electron chi connectivity index (χ4n) is 3.59. The molecule has 0 radical (unpaired) electrons. The zero-order valence-corrected chi connectivity index (χ0v) is 21.0. The van der Waals surface area contributed by atoms with Gasteiger partial charge in [-0.25, -0.2) is 9.07 Å². The maximum Gasteiger partial charge on any atom is 0.266 e. The molecular weight excluding hydrogens is 469 g/mol. The molecule has 8 heteroatoms. The Balaban J connectivity index is 1.78. The number of hydrogen-bond donors (Lipinski definition) is 0. The highest BCUT2D eigenvalue weighted by molar-refractivity contribution is 8.26. The molecular formula is C26H26FN3O2S2. The van der Waals surface area contributed by atoms with E-state index >= 15 is 0 Å². The zero-order valence-electron chi connectivity index (χ0n) is 19.3. The normalized spacial score (nSPS) is 15.9. The summed E-state index contributed by atoms with van der Waals surface area (Å²) in [7, 11) is 0. The monoisotopic (exact) mass is 495 g/mol. The summed E-state index contributed by atoms with van der Waals surface area (Å²) < 4.78 is 22.5. The van der Waals surface area contributed by atoms with Gasteiger partial charge < -0.3 is 4.74 Å². The van der Waals surface area contributed by atoms with E-state index in [0.717, 1.165) is 18.5 Å². The maximum atomic E-state index is 14.8. The summed E-state index contributed by atoms with van der Waals surface area (Å²) in [5.41, 5.74) is 2.73. The summed E-state index contributed by atoms with van der Waals surface area (Å²) in [6, 6.07) is 14.5. The van der Waals surface area contributed by atoms with E-state index in [9.17, 15) is 9.18 Å². The van der Waals surface area contributed by atoms with Gasteiger partial charge in [-0.15, -0.1) is 0 Å². The van der Waals surface area contributed by atoms with E-state index in [1.54, 1.807) is 27.8 Å². The molecule has 0 bridgehead atoms. The highest BCUT2D eigenvalue weighted by atomic mass is 32.2. The summed E-state index contributed by atoms with van der Waals surface area (Å²) in [4.78, 5) is 15.3. The van der Waals surface area contributed by atoms with E-state index < -0.39 is 5.82 Å². The number of ether oxygens (including phenoxy) is 1. The fourth-order valence-corrected chi connectivity index (χ4v) is 5.04. The molecule has 5 nitrogen and oxygen atoms in total. The van der Waals surface area contributed by atoms with Gasteiger partial charge in [0.2, 0.25) is 0 Å². The van der Waals surface area contributed by atoms with Crippen LogP contribution in [-0.4, -0.2) is 37.6 Å². The van der Waals surface area contributed by atoms with Crippen LogP contribution < -0.4 is 4.74 Å². The third-order valence-corrected chi connectivity index (χ3v) is 6.90. The third-order valence-electron chi connectivity index (χ3n) is 5.57. The molecule has 2 aromatic carbocycles. The van der Waals surface area contributed by atoms with Gasteiger partial charge in [-0.2, -0.15) is 5.10 Å². The van der Waals surface area contributed by atoms with Crippen molar-refractivity contribution < 1.29 is 13.9 Å². The topological polar surface area (TPSA) is 47.4 Å². The van der Waals surface area contributed by atoms with Crippen molar-refractivity contribution >= 4 is 40.3 Å². The molecule has 1 amide bonds. The van der Waals surface area contributed by atoms with Gasteiger partial charge in [0, 0.05) is 23.4 Å². The van der Waals surface area contributed by atoms with Crippen LogP contribution in [0.5, 0.6) is 5.75 Å². The molecule has 0 unspecified atom stereocenters. The lowest BCUT2D eigenvalue weighted by atomic mass is 10.1. The number of amides is 1. The minimum atomic E-state index is -0.450. The summed E-state index contributed by atoms with van der Waals surface area (Å²) in [6.45, 7) is 6.43. The second-order valence-corrected chi connectivity index (χ2v) is 9.69. The first-order valence-electron chi connectivity index (χ1n) is 11.3. The van der Waals surface area contributed by atoms with Crippen LogP contribution in [0.2, 0.25) is 0 Å². The van der Waals surface area contributed by atoms with Gasteiger partial charge in [0.25, 0.3) is 5.91 Å². The lowest BCUT2D eigenvalue weighted by Gasteiger charge is -2.21. The van der Waals surface area contributed by atoms with Crippen LogP contribution >= 0.6 is 24.0 Å². The summed E-state index contributed by atoms with van der Waals surface area (Å²) in [5.74, 6) is -0.351. The molecule has 0 aliphatic carbocycles. The Hall–Kier alpha value is -2.97. The van der Waals surface area contributed by atoms with E-state index in [1.165, 1.54) is 17.8 Å². The quantitative estimate of drug-likeness (QED) is 0.265. The minimum absolute atomic E-state index is 0.0228. The number of carbonyl (C=O) groups is 1. The van der Waals surface area contributed by atoms with E-state index in [-0.39, 0.29) is 17.7 Å². The molecule has 1 fully saturated rings. The van der Waals surface area contributed by atoms with Crippen LogP contribution in [0.25, 0.3) is 23.0 Å². The second-order valence-electron chi connectivity index (χ2n) is 8.02. The van der Waals surface area contributed by atoms with Crippen molar-refractivity contribution in [1.82, 2.24) is 14.7 Å². The predicted octanol–water partition coefficient (Wildman–Crippen LogP) is 6.47. The molecule has 1 saturated heterocycles. The van der Waals surface area contributed by atoms with Gasteiger partial charge in [0.1, 0.15) is 10.0 Å². The second kappa shape index (κ2) is 10.5. The third kappa shape index (κ3) is 4.93. The Kier molecular flexibility index (Phi) is 7.48. The Morgan fingerprint density at radius 1 is 1.21 bits per heavy atom. The van der Waals surface area contributed by atoms with Crippen molar-refractivity contribution in [3.8, 4) is 22.7 Å². The molecule has 1 atom stereocenters. The Morgan fingerprint density at radius 3 is 2.65 bits per heavy atom. The van der Waals surface area contributed by atoms with Crippen molar-refractivity contribution in [3.05, 3.63) is 71.0 Å². The van der Waals surface area contributed by atoms with Crippen LogP contribution in [0.1, 0.15) is 39.2 Å². The number of para-hydroxylation sites is 1. The van der Waals surface area contributed by atoms with E-state index in [0.29, 0.717) is 32.7 Å². The highest BCUT2D eigenvalue weighted by Crippen LogP contribution is 2.36. The molecule has 1 aliphatic rings. The SMILES string of the molecule is CCCOc1ccc(-c2nn(-c3ccccc3)cc2/C=C2\SC(=S)N([C@H](C)CC)C2=O)cc1F. The fraction of sp³-hybridized carbons (Fsp3) is 0.269. The van der Waals surface area contributed by atoms with Gasteiger partial charge in [0.15, 0.2) is 11.6 Å². The number of hydrogen-bond acceptors (Lipinski definition) is 5. The summed E-state index contributed by atoms with van der Waals surface area (Å²) >= 11 is 6.75. The number of thioether (sulfide) groups is 1. The molecule has 4 rings (SSSR count). The smallest absolute Gasteiger partial charge is 0.266 e. The Labute approximate surface area is 208 Å². The molecule has 2 heterocycles. The minimum Gasteiger partial charge on any atom is -0.491 e. The zero-order chi connectivity index (χ0) is 24.2. The first kappa shape index (κ1) is 24.2. The number of thiocarbonyl (C=S) groups is 1. The van der Waals surface area contributed by atoms with Crippen LogP contribution in [0.3, 0.4) is 0 Å². The first-order valence-corrected chi connectivity index (χ1v) is 12.5. The van der Waals surface area contributed by atoms with Gasteiger partial charge >= 0.3 is 0 Å². The molecule has 1 aliphatic heterocycles. The first-order chi connectivity index (χ1) is 16.4. The number of halogens is 1. The van der Waals surface area contributed by atoms with Crippen LogP contribution in [-0.2, 0) is 4.79 Å². The predicted molar refractivity (Wildman–Crippen MR) is 140 cm³/mol.